The molecule has 148 valence electrons. The maximum absolute atomic E-state index is 11.3. The fraction of sp³-hybridized carbons (Fsp3) is 0.450. The minimum absolute atomic E-state index is 0.0853. The predicted molar refractivity (Wildman–Crippen MR) is 104 cm³/mol. The number of rotatable bonds is 6. The van der Waals surface area contributed by atoms with Crippen molar-refractivity contribution in [1.29, 1.82) is 0 Å². The number of nitrogens with zero attached hydrogens (tertiary/aromatic N) is 2. The summed E-state index contributed by atoms with van der Waals surface area (Å²) >= 11 is 6.21. The summed E-state index contributed by atoms with van der Waals surface area (Å²) in [6, 6.07) is 4.04. The third-order valence-electron chi connectivity index (χ3n) is 5.45. The first-order valence-electron chi connectivity index (χ1n) is 9.59. The number of amides is 1. The number of halogens is 1. The highest BCUT2D eigenvalue weighted by atomic mass is 35.5. The number of carbonyl (C=O) groups excluding carboxylic acids is 1. The number of carbonyl (C=O) groups is 1. The van der Waals surface area contributed by atoms with Crippen LogP contribution in [-0.4, -0.2) is 27.3 Å². The van der Waals surface area contributed by atoms with E-state index in [2.05, 4.69) is 22.4 Å². The van der Waals surface area contributed by atoms with Crippen LogP contribution in [0.3, 0.4) is 0 Å². The zero-order chi connectivity index (χ0) is 19.7. The largest absolute Gasteiger partial charge is 0.382 e. The molecular weight excluding hydrogens is 380 g/mol. The van der Waals surface area contributed by atoms with Gasteiger partial charge < -0.3 is 9.84 Å². The number of pyridine rings is 1. The van der Waals surface area contributed by atoms with E-state index < -0.39 is 5.91 Å². The summed E-state index contributed by atoms with van der Waals surface area (Å²) in [6.07, 6.45) is 7.52. The lowest BCUT2D eigenvalue weighted by molar-refractivity contribution is 0.0696. The molecule has 0 radical (unpaired) electrons. The zero-order valence-electron chi connectivity index (χ0n) is 15.7. The number of hydrogen-bond donors (Lipinski definition) is 3. The van der Waals surface area contributed by atoms with E-state index in [-0.39, 0.29) is 5.69 Å². The molecule has 2 aromatic rings. The lowest BCUT2D eigenvalue weighted by Crippen LogP contribution is -2.20. The number of unbranched alkanes of at least 4 members (excludes halogenated alkanes) is 1. The van der Waals surface area contributed by atoms with E-state index in [0.717, 1.165) is 43.4 Å². The SMILES string of the molecule is CC1CC2=C(N1)c1cc(Cl)cnc1C(CCCCc1cc(C(=O)NO)no1)C2. The zero-order valence-corrected chi connectivity index (χ0v) is 16.4. The fourth-order valence-corrected chi connectivity index (χ4v) is 4.38. The smallest absolute Gasteiger partial charge is 0.296 e. The number of aryl methyl sites for hydroxylation is 1. The molecule has 3 heterocycles. The molecule has 1 aliphatic heterocycles. The lowest BCUT2D eigenvalue weighted by Gasteiger charge is -2.26. The van der Waals surface area contributed by atoms with E-state index in [1.54, 1.807) is 17.7 Å². The molecule has 3 N–H and O–H groups in total. The highest BCUT2D eigenvalue weighted by Crippen LogP contribution is 2.44. The van der Waals surface area contributed by atoms with Crippen LogP contribution in [0, 0.1) is 0 Å². The number of hydrogen-bond acceptors (Lipinski definition) is 6. The van der Waals surface area contributed by atoms with Crippen molar-refractivity contribution >= 4 is 23.2 Å². The fourth-order valence-electron chi connectivity index (χ4n) is 4.22. The molecule has 0 aromatic carbocycles. The van der Waals surface area contributed by atoms with Gasteiger partial charge in [-0.1, -0.05) is 23.2 Å². The normalized spacial score (nSPS) is 20.5. The minimum atomic E-state index is -0.665. The molecule has 0 saturated carbocycles. The first-order valence-corrected chi connectivity index (χ1v) is 9.97. The van der Waals surface area contributed by atoms with Crippen molar-refractivity contribution in [2.24, 2.45) is 0 Å². The standard InChI is InChI=1S/C20H23ClN4O3/c1-11-6-13-7-12(18-16(19(13)23-11)8-14(21)10-22-18)4-2-3-5-15-9-17(25-28-15)20(26)24-27/h8-12,23,27H,2-7H2,1H3,(H,24,26). The van der Waals surface area contributed by atoms with Crippen molar-refractivity contribution in [1.82, 2.24) is 20.9 Å². The van der Waals surface area contributed by atoms with Crippen LogP contribution in [0.5, 0.6) is 0 Å². The molecule has 0 bridgehead atoms. The van der Waals surface area contributed by atoms with Gasteiger partial charge in [0.25, 0.3) is 5.91 Å². The Morgan fingerprint density at radius 2 is 2.25 bits per heavy atom. The average molecular weight is 403 g/mol. The quantitative estimate of drug-likeness (QED) is 0.385. The maximum atomic E-state index is 11.3. The van der Waals surface area contributed by atoms with Gasteiger partial charge in [-0.05, 0) is 44.2 Å². The molecule has 2 aliphatic rings. The van der Waals surface area contributed by atoms with Crippen LogP contribution in [0.15, 0.2) is 28.4 Å². The Kier molecular flexibility index (Phi) is 5.37. The first kappa shape index (κ1) is 19.0. The summed E-state index contributed by atoms with van der Waals surface area (Å²) in [5.41, 5.74) is 6.62. The van der Waals surface area contributed by atoms with Crippen molar-refractivity contribution in [3.8, 4) is 0 Å². The third-order valence-corrected chi connectivity index (χ3v) is 5.66. The summed E-state index contributed by atoms with van der Waals surface area (Å²) in [6.45, 7) is 2.20. The lowest BCUT2D eigenvalue weighted by atomic mass is 9.81. The number of fused-ring (bicyclic) bond motifs is 2. The summed E-state index contributed by atoms with van der Waals surface area (Å²) < 4.78 is 5.15. The molecule has 0 saturated heterocycles. The molecular formula is C20H23ClN4O3. The molecule has 1 aliphatic carbocycles. The van der Waals surface area contributed by atoms with Crippen LogP contribution in [0.2, 0.25) is 5.02 Å². The topological polar surface area (TPSA) is 100 Å². The summed E-state index contributed by atoms with van der Waals surface area (Å²) in [4.78, 5) is 16.0. The number of hydroxylamine groups is 1. The number of nitrogens with one attached hydrogen (secondary N) is 2. The maximum Gasteiger partial charge on any atom is 0.296 e. The molecule has 2 unspecified atom stereocenters. The Hall–Kier alpha value is -2.38. The van der Waals surface area contributed by atoms with Crippen LogP contribution < -0.4 is 10.8 Å². The van der Waals surface area contributed by atoms with Gasteiger partial charge in [-0.3, -0.25) is 15.0 Å². The Morgan fingerprint density at radius 1 is 1.39 bits per heavy atom. The molecule has 1 amide bonds. The van der Waals surface area contributed by atoms with Crippen molar-refractivity contribution in [2.45, 2.75) is 57.4 Å². The summed E-state index contributed by atoms with van der Waals surface area (Å²) in [5.74, 6) is 0.372. The van der Waals surface area contributed by atoms with Crippen molar-refractivity contribution in [2.75, 3.05) is 0 Å². The predicted octanol–water partition coefficient (Wildman–Crippen LogP) is 3.84. The van der Waals surface area contributed by atoms with Crippen LogP contribution in [0.25, 0.3) is 5.70 Å². The average Bonchev–Trinajstić information content (AvgIpc) is 3.30. The molecule has 2 aromatic heterocycles. The first-order chi connectivity index (χ1) is 13.5. The Bertz CT molecular complexity index is 924. The van der Waals surface area contributed by atoms with Gasteiger partial charge in [0.05, 0.1) is 10.7 Å². The van der Waals surface area contributed by atoms with Crippen molar-refractivity contribution in [3.05, 3.63) is 51.6 Å². The Labute approximate surface area is 168 Å². The molecule has 4 rings (SSSR count). The van der Waals surface area contributed by atoms with E-state index in [1.165, 1.54) is 11.3 Å². The van der Waals surface area contributed by atoms with Crippen LogP contribution in [0.4, 0.5) is 0 Å². The third kappa shape index (κ3) is 3.77. The van der Waals surface area contributed by atoms with Crippen LogP contribution >= 0.6 is 11.6 Å². The van der Waals surface area contributed by atoms with E-state index >= 15 is 0 Å². The van der Waals surface area contributed by atoms with E-state index in [0.29, 0.717) is 29.2 Å². The molecule has 0 spiro atoms. The highest BCUT2D eigenvalue weighted by Gasteiger charge is 2.32. The molecule has 0 fully saturated rings. The van der Waals surface area contributed by atoms with Gasteiger partial charge in [-0.25, -0.2) is 5.48 Å². The molecule has 7 nitrogen and oxygen atoms in total. The highest BCUT2D eigenvalue weighted by molar-refractivity contribution is 6.30. The van der Waals surface area contributed by atoms with E-state index in [9.17, 15) is 4.79 Å². The van der Waals surface area contributed by atoms with Gasteiger partial charge in [-0.15, -0.1) is 0 Å². The van der Waals surface area contributed by atoms with Gasteiger partial charge in [-0.2, -0.15) is 0 Å². The molecule has 8 heteroatoms. The second-order valence-electron chi connectivity index (χ2n) is 7.58. The minimum Gasteiger partial charge on any atom is -0.382 e. The monoisotopic (exact) mass is 402 g/mol. The van der Waals surface area contributed by atoms with Gasteiger partial charge >= 0.3 is 0 Å². The van der Waals surface area contributed by atoms with E-state index in [1.807, 2.05) is 6.07 Å². The Balaban J connectivity index is 1.38. The molecule has 28 heavy (non-hydrogen) atoms. The second kappa shape index (κ2) is 7.93. The van der Waals surface area contributed by atoms with Gasteiger partial charge in [0.2, 0.25) is 0 Å². The van der Waals surface area contributed by atoms with Gasteiger partial charge in [0.1, 0.15) is 5.76 Å². The van der Waals surface area contributed by atoms with Gasteiger partial charge in [0, 0.05) is 41.9 Å². The number of aromatic nitrogens is 2. The van der Waals surface area contributed by atoms with E-state index in [4.69, 9.17) is 21.3 Å². The second-order valence-corrected chi connectivity index (χ2v) is 8.02. The van der Waals surface area contributed by atoms with Crippen molar-refractivity contribution < 1.29 is 14.5 Å². The van der Waals surface area contributed by atoms with Gasteiger partial charge in [0.15, 0.2) is 5.69 Å². The van der Waals surface area contributed by atoms with Crippen molar-refractivity contribution in [3.63, 3.8) is 0 Å². The van der Waals surface area contributed by atoms with Crippen LogP contribution in [-0.2, 0) is 6.42 Å². The van der Waals surface area contributed by atoms with Crippen LogP contribution in [0.1, 0.15) is 72.5 Å². The Morgan fingerprint density at radius 3 is 3.07 bits per heavy atom. The summed E-state index contributed by atoms with van der Waals surface area (Å²) in [5, 5.41) is 16.5. The summed E-state index contributed by atoms with van der Waals surface area (Å²) in [7, 11) is 0. The molecule has 2 atom stereocenters.